The molecule has 0 spiro atoms. The van der Waals surface area contributed by atoms with E-state index in [0.29, 0.717) is 17.8 Å². The van der Waals surface area contributed by atoms with Gasteiger partial charge in [0.25, 0.3) is 5.91 Å². The third-order valence-corrected chi connectivity index (χ3v) is 6.05. The number of rotatable bonds is 4. The second-order valence-corrected chi connectivity index (χ2v) is 7.93. The predicted molar refractivity (Wildman–Crippen MR) is 117 cm³/mol. The van der Waals surface area contributed by atoms with Gasteiger partial charge in [0, 0.05) is 35.6 Å². The summed E-state index contributed by atoms with van der Waals surface area (Å²) >= 11 is 0. The molecule has 5 rings (SSSR count). The van der Waals surface area contributed by atoms with Crippen molar-refractivity contribution in [1.29, 1.82) is 0 Å². The van der Waals surface area contributed by atoms with Crippen LogP contribution in [0.1, 0.15) is 53.0 Å². The third kappa shape index (κ3) is 2.91. The van der Waals surface area contributed by atoms with Crippen LogP contribution in [-0.4, -0.2) is 32.4 Å². The molecule has 0 aliphatic carbocycles. The molecule has 2 aromatic heterocycles. The monoisotopic (exact) mass is 400 g/mol. The van der Waals surface area contributed by atoms with Crippen LogP contribution < -0.4 is 5.32 Å². The van der Waals surface area contributed by atoms with Crippen molar-refractivity contribution >= 4 is 33.6 Å². The van der Waals surface area contributed by atoms with E-state index in [1.165, 1.54) is 0 Å². The van der Waals surface area contributed by atoms with E-state index in [1.54, 1.807) is 0 Å². The van der Waals surface area contributed by atoms with Crippen LogP contribution in [0.25, 0.3) is 21.9 Å². The lowest BCUT2D eigenvalue weighted by Crippen LogP contribution is -2.22. The number of amides is 1. The minimum absolute atomic E-state index is 0.0307. The highest BCUT2D eigenvalue weighted by atomic mass is 16.2. The van der Waals surface area contributed by atoms with E-state index in [1.807, 2.05) is 48.5 Å². The summed E-state index contributed by atoms with van der Waals surface area (Å²) in [5.41, 5.74) is 4.20. The number of aryl methyl sites for hydroxylation is 1. The fourth-order valence-corrected chi connectivity index (χ4v) is 4.52. The third-order valence-electron chi connectivity index (χ3n) is 6.05. The first kappa shape index (κ1) is 18.6. The molecule has 6 nitrogen and oxygen atoms in total. The summed E-state index contributed by atoms with van der Waals surface area (Å²) in [6.07, 6.45) is 1.11. The van der Waals surface area contributed by atoms with Crippen molar-refractivity contribution < 1.29 is 9.59 Å². The molecule has 2 aromatic carbocycles. The second-order valence-electron chi connectivity index (χ2n) is 7.93. The van der Waals surface area contributed by atoms with Crippen molar-refractivity contribution in [3.63, 3.8) is 0 Å². The van der Waals surface area contributed by atoms with Crippen molar-refractivity contribution in [2.24, 2.45) is 0 Å². The maximum absolute atomic E-state index is 13.2. The van der Waals surface area contributed by atoms with Gasteiger partial charge >= 0.3 is 0 Å². The molecule has 152 valence electrons. The lowest BCUT2D eigenvalue weighted by atomic mass is 10.1. The molecule has 4 aromatic rings. The molecule has 1 amide bonds. The van der Waals surface area contributed by atoms with Crippen LogP contribution in [0.15, 0.2) is 48.5 Å². The van der Waals surface area contributed by atoms with Crippen LogP contribution in [0.3, 0.4) is 0 Å². The summed E-state index contributed by atoms with van der Waals surface area (Å²) in [6, 6.07) is 15.8. The number of hydrogen-bond acceptors (Lipinski definition) is 3. The highest BCUT2D eigenvalue weighted by Crippen LogP contribution is 2.29. The summed E-state index contributed by atoms with van der Waals surface area (Å²) in [4.78, 5) is 30.3. The van der Waals surface area contributed by atoms with Gasteiger partial charge in [0.15, 0.2) is 5.78 Å². The van der Waals surface area contributed by atoms with Crippen LogP contribution in [0, 0.1) is 0 Å². The largest absolute Gasteiger partial charge is 0.351 e. The molecule has 0 radical (unpaired) electrons. The van der Waals surface area contributed by atoms with Gasteiger partial charge in [-0.05, 0) is 44.5 Å². The molecule has 30 heavy (non-hydrogen) atoms. The molecule has 0 bridgehead atoms. The van der Waals surface area contributed by atoms with Crippen molar-refractivity contribution in [2.75, 3.05) is 6.54 Å². The van der Waals surface area contributed by atoms with Crippen LogP contribution >= 0.6 is 0 Å². The number of nitrogens with one attached hydrogen (secondary N) is 1. The maximum atomic E-state index is 13.2. The predicted octanol–water partition coefficient (Wildman–Crippen LogP) is 4.13. The van der Waals surface area contributed by atoms with Crippen LogP contribution in [0.5, 0.6) is 0 Å². The van der Waals surface area contributed by atoms with Crippen molar-refractivity contribution in [3.05, 3.63) is 65.6 Å². The Morgan fingerprint density at radius 2 is 2.00 bits per heavy atom. The van der Waals surface area contributed by atoms with Gasteiger partial charge < -0.3 is 14.5 Å². The molecule has 1 aliphatic rings. The Morgan fingerprint density at radius 3 is 2.83 bits per heavy atom. The van der Waals surface area contributed by atoms with E-state index in [0.717, 1.165) is 40.7 Å². The molecule has 1 aliphatic heterocycles. The molecule has 0 fully saturated rings. The van der Waals surface area contributed by atoms with Crippen molar-refractivity contribution in [2.45, 2.75) is 39.3 Å². The number of imidazole rings is 1. The summed E-state index contributed by atoms with van der Waals surface area (Å²) < 4.78 is 4.16. The molecule has 0 saturated heterocycles. The fourth-order valence-electron chi connectivity index (χ4n) is 4.52. The Hall–Kier alpha value is -3.41. The van der Waals surface area contributed by atoms with Gasteiger partial charge in [0.2, 0.25) is 0 Å². The number of para-hydroxylation sites is 2. The summed E-state index contributed by atoms with van der Waals surface area (Å²) in [7, 11) is 0. The zero-order chi connectivity index (χ0) is 20.8. The first-order valence-electron chi connectivity index (χ1n) is 10.5. The zero-order valence-electron chi connectivity index (χ0n) is 17.2. The lowest BCUT2D eigenvalue weighted by molar-refractivity contribution is 0.0950. The molecule has 6 heteroatoms. The molecule has 1 unspecified atom stereocenters. The van der Waals surface area contributed by atoms with E-state index in [-0.39, 0.29) is 24.2 Å². The number of carbonyl (C=O) groups excluding carboxylic acids is 2. The van der Waals surface area contributed by atoms with E-state index < -0.39 is 0 Å². The molecule has 1 N–H and O–H groups in total. The Kier molecular flexibility index (Phi) is 4.42. The fraction of sp³-hybridized carbons (Fsp3) is 0.292. The topological polar surface area (TPSA) is 68.9 Å². The average molecular weight is 400 g/mol. The molecular formula is C24H24N4O2. The highest BCUT2D eigenvalue weighted by Gasteiger charge is 2.23. The first-order chi connectivity index (χ1) is 14.6. The highest BCUT2D eigenvalue weighted by molar-refractivity contribution is 6.03. The van der Waals surface area contributed by atoms with Gasteiger partial charge in [-0.15, -0.1) is 0 Å². The van der Waals surface area contributed by atoms with E-state index >= 15 is 0 Å². The van der Waals surface area contributed by atoms with Crippen LogP contribution in [-0.2, 0) is 13.0 Å². The number of nitrogens with zero attached hydrogens (tertiary/aromatic N) is 3. The molecule has 3 heterocycles. The van der Waals surface area contributed by atoms with E-state index in [2.05, 4.69) is 33.3 Å². The van der Waals surface area contributed by atoms with Crippen LogP contribution in [0.4, 0.5) is 0 Å². The number of carbonyl (C=O) groups is 2. The second kappa shape index (κ2) is 7.13. The number of benzene rings is 2. The SMILES string of the molecule is CCn1c(CC(=O)c2ccc3cc4n(c3c2)C(C)CCNC4=O)nc2ccccc21. The number of aromatic nitrogens is 3. The van der Waals surface area contributed by atoms with Crippen LogP contribution in [0.2, 0.25) is 0 Å². The number of hydrogen-bond donors (Lipinski definition) is 1. The standard InChI is InChI=1S/C24H24N4O2/c1-3-27-19-7-5-4-6-18(19)26-23(27)14-22(29)17-9-8-16-12-21-24(30)25-11-10-15(2)28(21)20(16)13-17/h4-9,12-13,15H,3,10-11,14H2,1-2H3,(H,25,30). The Bertz CT molecular complexity index is 1300. The first-order valence-corrected chi connectivity index (χ1v) is 10.5. The molecule has 0 saturated carbocycles. The van der Waals surface area contributed by atoms with Gasteiger partial charge in [-0.2, -0.15) is 0 Å². The van der Waals surface area contributed by atoms with E-state index in [4.69, 9.17) is 0 Å². The van der Waals surface area contributed by atoms with Crippen molar-refractivity contribution in [1.82, 2.24) is 19.4 Å². The van der Waals surface area contributed by atoms with E-state index in [9.17, 15) is 9.59 Å². The number of Topliss-reactive ketones (excluding diaryl/α,β-unsaturated/α-hetero) is 1. The average Bonchev–Trinajstić information content (AvgIpc) is 3.26. The Morgan fingerprint density at radius 1 is 1.17 bits per heavy atom. The van der Waals surface area contributed by atoms with Gasteiger partial charge in [-0.1, -0.05) is 24.3 Å². The normalized spacial score (nSPS) is 16.5. The lowest BCUT2D eigenvalue weighted by Gasteiger charge is -2.14. The smallest absolute Gasteiger partial charge is 0.267 e. The number of ketones is 1. The Balaban J connectivity index is 1.54. The quantitative estimate of drug-likeness (QED) is 0.524. The summed E-state index contributed by atoms with van der Waals surface area (Å²) in [5.74, 6) is 0.758. The minimum Gasteiger partial charge on any atom is -0.351 e. The van der Waals surface area contributed by atoms with Gasteiger partial charge in [0.05, 0.1) is 17.5 Å². The Labute approximate surface area is 174 Å². The summed E-state index contributed by atoms with van der Waals surface area (Å²) in [5, 5.41) is 3.93. The minimum atomic E-state index is -0.0555. The van der Waals surface area contributed by atoms with Gasteiger partial charge in [-0.3, -0.25) is 9.59 Å². The molecule has 1 atom stereocenters. The van der Waals surface area contributed by atoms with Gasteiger partial charge in [0.1, 0.15) is 11.5 Å². The zero-order valence-corrected chi connectivity index (χ0v) is 17.2. The van der Waals surface area contributed by atoms with Crippen molar-refractivity contribution in [3.8, 4) is 0 Å². The maximum Gasteiger partial charge on any atom is 0.267 e. The molecular weight excluding hydrogens is 376 g/mol. The van der Waals surface area contributed by atoms with Gasteiger partial charge in [-0.25, -0.2) is 4.98 Å². The summed E-state index contributed by atoms with van der Waals surface area (Å²) in [6.45, 7) is 5.60. The number of fused-ring (bicyclic) bond motifs is 4.